The van der Waals surface area contributed by atoms with Crippen LogP contribution in [0.25, 0.3) is 0 Å². The van der Waals surface area contributed by atoms with E-state index in [-0.39, 0.29) is 5.92 Å². The molecule has 0 aromatic carbocycles. The van der Waals surface area contributed by atoms with Crippen molar-refractivity contribution in [3.05, 3.63) is 11.7 Å². The maximum atomic E-state index is 11.3. The molecule has 2 heterocycles. The van der Waals surface area contributed by atoms with Gasteiger partial charge in [0.1, 0.15) is 0 Å². The van der Waals surface area contributed by atoms with Crippen LogP contribution >= 0.6 is 0 Å². The lowest BCUT2D eigenvalue weighted by Crippen LogP contribution is -2.17. The average Bonchev–Trinajstić information content (AvgIpc) is 3.09. The molecule has 4 atom stereocenters. The number of hydrogen-bond donors (Lipinski definition) is 1. The third-order valence-corrected chi connectivity index (χ3v) is 4.41. The summed E-state index contributed by atoms with van der Waals surface area (Å²) in [5.74, 6) is 0.729. The second-order valence-corrected chi connectivity index (χ2v) is 6.11. The van der Waals surface area contributed by atoms with Crippen LogP contribution in [0.1, 0.15) is 43.8 Å². The van der Waals surface area contributed by atoms with Crippen molar-refractivity contribution in [2.45, 2.75) is 38.5 Å². The van der Waals surface area contributed by atoms with Crippen LogP contribution in [0.5, 0.6) is 0 Å². The van der Waals surface area contributed by atoms with Gasteiger partial charge in [0.15, 0.2) is 5.82 Å². The lowest BCUT2D eigenvalue weighted by Gasteiger charge is -2.10. The second-order valence-electron chi connectivity index (χ2n) is 6.11. The molecule has 1 saturated carbocycles. The van der Waals surface area contributed by atoms with Crippen molar-refractivity contribution in [3.63, 3.8) is 0 Å². The molecule has 0 spiro atoms. The van der Waals surface area contributed by atoms with E-state index in [0.717, 1.165) is 32.5 Å². The summed E-state index contributed by atoms with van der Waals surface area (Å²) in [4.78, 5) is 15.7. The van der Waals surface area contributed by atoms with Gasteiger partial charge in [0.2, 0.25) is 5.89 Å². The van der Waals surface area contributed by atoms with E-state index in [1.165, 1.54) is 0 Å². The van der Waals surface area contributed by atoms with Crippen molar-refractivity contribution in [2.75, 3.05) is 13.2 Å². The molecule has 1 aliphatic carbocycles. The van der Waals surface area contributed by atoms with Crippen LogP contribution in [0.4, 0.5) is 0 Å². The number of aromatic nitrogens is 2. The summed E-state index contributed by atoms with van der Waals surface area (Å²) in [7, 11) is 0. The van der Waals surface area contributed by atoms with E-state index in [4.69, 9.17) is 9.26 Å². The van der Waals surface area contributed by atoms with Crippen LogP contribution in [0.15, 0.2) is 4.52 Å². The zero-order valence-electron chi connectivity index (χ0n) is 11.6. The van der Waals surface area contributed by atoms with Gasteiger partial charge in [0, 0.05) is 19.6 Å². The predicted octanol–water partition coefficient (Wildman–Crippen LogP) is 1.86. The number of hydrogen-bond acceptors (Lipinski definition) is 5. The molecule has 6 heteroatoms. The fourth-order valence-electron chi connectivity index (χ4n) is 3.34. The van der Waals surface area contributed by atoms with Crippen LogP contribution in [0.3, 0.4) is 0 Å². The van der Waals surface area contributed by atoms with E-state index in [1.807, 2.05) is 0 Å². The quantitative estimate of drug-likeness (QED) is 0.906. The number of rotatable bonds is 4. The first-order valence-corrected chi connectivity index (χ1v) is 7.26. The maximum absolute atomic E-state index is 11.3. The summed E-state index contributed by atoms with van der Waals surface area (Å²) in [6.07, 6.45) is 3.28. The average molecular weight is 280 g/mol. The summed E-state index contributed by atoms with van der Waals surface area (Å²) in [6.45, 7) is 3.63. The van der Waals surface area contributed by atoms with E-state index in [2.05, 4.69) is 17.1 Å². The Morgan fingerprint density at radius 1 is 1.45 bits per heavy atom. The van der Waals surface area contributed by atoms with Crippen molar-refractivity contribution in [1.29, 1.82) is 0 Å². The topological polar surface area (TPSA) is 85.5 Å². The smallest absolute Gasteiger partial charge is 0.307 e. The zero-order chi connectivity index (χ0) is 14.1. The fourth-order valence-corrected chi connectivity index (χ4v) is 3.34. The first-order chi connectivity index (χ1) is 9.63. The largest absolute Gasteiger partial charge is 0.481 e. The third kappa shape index (κ3) is 2.70. The summed E-state index contributed by atoms with van der Waals surface area (Å²) in [5.41, 5.74) is 0. The number of carbonyl (C=O) groups is 1. The van der Waals surface area contributed by atoms with Gasteiger partial charge >= 0.3 is 5.97 Å². The molecule has 1 saturated heterocycles. The molecule has 1 aromatic rings. The van der Waals surface area contributed by atoms with Crippen molar-refractivity contribution in [3.8, 4) is 0 Å². The molecule has 1 aromatic heterocycles. The Hall–Kier alpha value is -1.43. The minimum absolute atomic E-state index is 0.136. The van der Waals surface area contributed by atoms with Crippen LogP contribution in [0.2, 0.25) is 0 Å². The molecule has 2 aliphatic rings. The number of nitrogens with zero attached hydrogens (tertiary/aromatic N) is 2. The van der Waals surface area contributed by atoms with Crippen LogP contribution in [-0.2, 0) is 16.0 Å². The number of carboxylic acid groups (broad SMARTS) is 1. The van der Waals surface area contributed by atoms with Gasteiger partial charge in [-0.15, -0.1) is 0 Å². The van der Waals surface area contributed by atoms with Crippen molar-refractivity contribution >= 4 is 5.97 Å². The van der Waals surface area contributed by atoms with E-state index < -0.39 is 11.9 Å². The van der Waals surface area contributed by atoms with Crippen LogP contribution in [-0.4, -0.2) is 34.4 Å². The van der Waals surface area contributed by atoms with Gasteiger partial charge in [0.25, 0.3) is 0 Å². The Morgan fingerprint density at radius 2 is 2.30 bits per heavy atom. The van der Waals surface area contributed by atoms with Crippen LogP contribution in [0, 0.1) is 17.8 Å². The van der Waals surface area contributed by atoms with E-state index in [0.29, 0.717) is 30.0 Å². The molecule has 20 heavy (non-hydrogen) atoms. The van der Waals surface area contributed by atoms with Crippen molar-refractivity contribution < 1.29 is 19.2 Å². The Morgan fingerprint density at radius 3 is 3.00 bits per heavy atom. The van der Waals surface area contributed by atoms with Gasteiger partial charge in [-0.05, 0) is 31.1 Å². The minimum Gasteiger partial charge on any atom is -0.481 e. The first-order valence-electron chi connectivity index (χ1n) is 7.26. The summed E-state index contributed by atoms with van der Waals surface area (Å²) >= 11 is 0. The molecule has 1 N–H and O–H groups in total. The minimum atomic E-state index is -0.761. The fraction of sp³-hybridized carbons (Fsp3) is 0.786. The summed E-state index contributed by atoms with van der Waals surface area (Å²) in [5, 5.41) is 13.3. The maximum Gasteiger partial charge on any atom is 0.307 e. The molecule has 1 aliphatic heterocycles. The Labute approximate surface area is 117 Å². The normalized spacial score (nSPS) is 33.6. The van der Waals surface area contributed by atoms with Gasteiger partial charge in [-0.1, -0.05) is 12.1 Å². The summed E-state index contributed by atoms with van der Waals surface area (Å²) in [6, 6.07) is 0. The van der Waals surface area contributed by atoms with Gasteiger partial charge in [-0.25, -0.2) is 0 Å². The van der Waals surface area contributed by atoms with Crippen molar-refractivity contribution in [1.82, 2.24) is 10.1 Å². The highest BCUT2D eigenvalue weighted by Crippen LogP contribution is 2.42. The number of ether oxygens (including phenoxy) is 1. The van der Waals surface area contributed by atoms with Gasteiger partial charge in [0.05, 0.1) is 11.8 Å². The summed E-state index contributed by atoms with van der Waals surface area (Å²) < 4.78 is 10.7. The van der Waals surface area contributed by atoms with Gasteiger partial charge in [-0.2, -0.15) is 4.98 Å². The Balaban J connectivity index is 1.70. The SMILES string of the molecule is CC1CC(C(=O)O)C(c2nc(CC3CCOC3)no2)C1. The standard InChI is InChI=1S/C14H20N2O4/c1-8-4-10(11(5-8)14(17)18)13-15-12(16-20-13)6-9-2-3-19-7-9/h8-11H,2-7H2,1H3,(H,17,18). The lowest BCUT2D eigenvalue weighted by atomic mass is 9.96. The molecule has 2 fully saturated rings. The van der Waals surface area contributed by atoms with Gasteiger partial charge in [-0.3, -0.25) is 4.79 Å². The molecule has 0 bridgehead atoms. The first kappa shape index (κ1) is 13.5. The molecule has 6 nitrogen and oxygen atoms in total. The van der Waals surface area contributed by atoms with E-state index in [9.17, 15) is 9.90 Å². The predicted molar refractivity (Wildman–Crippen MR) is 69.2 cm³/mol. The Kier molecular flexibility index (Phi) is 3.74. The molecule has 4 unspecified atom stereocenters. The van der Waals surface area contributed by atoms with Gasteiger partial charge < -0.3 is 14.4 Å². The van der Waals surface area contributed by atoms with E-state index >= 15 is 0 Å². The highest BCUT2D eigenvalue weighted by molar-refractivity contribution is 5.71. The monoisotopic (exact) mass is 280 g/mol. The van der Waals surface area contributed by atoms with E-state index in [1.54, 1.807) is 0 Å². The lowest BCUT2D eigenvalue weighted by molar-refractivity contribution is -0.142. The number of carboxylic acids is 1. The van der Waals surface area contributed by atoms with Crippen LogP contribution < -0.4 is 0 Å². The highest BCUT2D eigenvalue weighted by Gasteiger charge is 2.41. The molecule has 0 radical (unpaired) electrons. The Bertz CT molecular complexity index is 481. The molecule has 110 valence electrons. The number of aliphatic carboxylic acids is 1. The third-order valence-electron chi connectivity index (χ3n) is 4.41. The second kappa shape index (κ2) is 5.52. The molecule has 3 rings (SSSR count). The van der Waals surface area contributed by atoms with Crippen molar-refractivity contribution in [2.24, 2.45) is 17.8 Å². The zero-order valence-corrected chi connectivity index (χ0v) is 11.6. The molecule has 0 amide bonds. The highest BCUT2D eigenvalue weighted by atomic mass is 16.5. The molecular formula is C14H20N2O4. The molecular weight excluding hydrogens is 260 g/mol.